The first-order valence-corrected chi connectivity index (χ1v) is 9.01. The van der Waals surface area contributed by atoms with E-state index in [0.29, 0.717) is 16.2 Å². The van der Waals surface area contributed by atoms with Gasteiger partial charge in [-0.25, -0.2) is 13.1 Å². The van der Waals surface area contributed by atoms with Gasteiger partial charge in [0.05, 0.1) is 0 Å². The first-order valence-electron chi connectivity index (χ1n) is 6.71. The van der Waals surface area contributed by atoms with Crippen LogP contribution in [0, 0.1) is 5.92 Å². The Morgan fingerprint density at radius 3 is 2.63 bits per heavy atom. The van der Waals surface area contributed by atoms with Crippen molar-refractivity contribution < 1.29 is 8.42 Å². The predicted molar refractivity (Wildman–Crippen MR) is 78.8 cm³/mol. The van der Waals surface area contributed by atoms with Gasteiger partial charge in [0.15, 0.2) is 0 Å². The van der Waals surface area contributed by atoms with Crippen LogP contribution in [0.1, 0.15) is 38.5 Å². The zero-order chi connectivity index (χ0) is 14.0. The number of hydrogen-bond donors (Lipinski definition) is 2. The van der Waals surface area contributed by atoms with Crippen LogP contribution in [-0.2, 0) is 16.6 Å². The smallest absolute Gasteiger partial charge is 0.250 e. The highest BCUT2D eigenvalue weighted by molar-refractivity contribution is 7.91. The van der Waals surface area contributed by atoms with Gasteiger partial charge >= 0.3 is 0 Å². The van der Waals surface area contributed by atoms with E-state index in [1.807, 2.05) is 6.07 Å². The van der Waals surface area contributed by atoms with E-state index in [0.717, 1.165) is 24.3 Å². The molecule has 1 saturated carbocycles. The molecule has 1 aliphatic rings. The van der Waals surface area contributed by atoms with Crippen LogP contribution >= 0.6 is 11.3 Å². The second-order valence-corrected chi connectivity index (χ2v) is 8.76. The highest BCUT2D eigenvalue weighted by Crippen LogP contribution is 2.29. The summed E-state index contributed by atoms with van der Waals surface area (Å²) in [5.74, 6) is 0.641. The number of hydrogen-bond acceptors (Lipinski definition) is 4. The molecule has 2 rings (SSSR count). The summed E-state index contributed by atoms with van der Waals surface area (Å²) >= 11 is 1.35. The molecule has 0 aromatic carbocycles. The molecule has 1 aliphatic carbocycles. The summed E-state index contributed by atoms with van der Waals surface area (Å²) in [6.07, 6.45) is 1.90. The second kappa shape index (κ2) is 5.91. The minimum absolute atomic E-state index is 0.124. The molecular weight excluding hydrogens is 280 g/mol. The van der Waals surface area contributed by atoms with Gasteiger partial charge in [-0.1, -0.05) is 20.8 Å². The van der Waals surface area contributed by atoms with E-state index in [-0.39, 0.29) is 6.04 Å². The monoisotopic (exact) mass is 302 g/mol. The van der Waals surface area contributed by atoms with Crippen LogP contribution in [0.15, 0.2) is 16.3 Å². The molecule has 0 bridgehead atoms. The van der Waals surface area contributed by atoms with E-state index in [1.54, 1.807) is 6.07 Å². The number of nitrogens with one attached hydrogen (secondary N) is 2. The Hall–Kier alpha value is -0.430. The fraction of sp³-hybridized carbons (Fsp3) is 0.692. The van der Waals surface area contributed by atoms with E-state index < -0.39 is 10.0 Å². The van der Waals surface area contributed by atoms with Crippen LogP contribution in [-0.4, -0.2) is 20.5 Å². The van der Waals surface area contributed by atoms with Gasteiger partial charge in [-0.3, -0.25) is 0 Å². The fourth-order valence-corrected chi connectivity index (χ4v) is 4.76. The van der Waals surface area contributed by atoms with Gasteiger partial charge in [-0.15, -0.1) is 11.3 Å². The van der Waals surface area contributed by atoms with Crippen LogP contribution < -0.4 is 10.0 Å². The molecule has 1 aromatic rings. The first kappa shape index (κ1) is 15.0. The molecule has 4 nitrogen and oxygen atoms in total. The molecule has 108 valence electrons. The molecule has 6 heteroatoms. The number of thiophene rings is 1. The van der Waals surface area contributed by atoms with Crippen LogP contribution in [0.4, 0.5) is 0 Å². The van der Waals surface area contributed by atoms with E-state index in [9.17, 15) is 8.42 Å². The Morgan fingerprint density at radius 2 is 2.05 bits per heavy atom. The fourth-order valence-electron chi connectivity index (χ4n) is 2.18. The standard InChI is InChI=1S/C13H22N2O2S2/c1-9(2)14-8-12-4-5-13(18-12)19(16,17)15-11-6-10(3)7-11/h4-5,9-11,14-15H,6-8H2,1-3H3. The summed E-state index contributed by atoms with van der Waals surface area (Å²) in [4.78, 5) is 1.05. The average molecular weight is 302 g/mol. The van der Waals surface area contributed by atoms with Gasteiger partial charge in [0, 0.05) is 23.5 Å². The van der Waals surface area contributed by atoms with Crippen molar-refractivity contribution in [1.82, 2.24) is 10.0 Å². The molecule has 1 fully saturated rings. The topological polar surface area (TPSA) is 58.2 Å². The Labute approximate surface area is 119 Å². The number of rotatable bonds is 6. The van der Waals surface area contributed by atoms with Gasteiger partial charge in [-0.05, 0) is 30.9 Å². The van der Waals surface area contributed by atoms with Crippen molar-refractivity contribution in [1.29, 1.82) is 0 Å². The third-order valence-corrected chi connectivity index (χ3v) is 6.38. The lowest BCUT2D eigenvalue weighted by molar-refractivity contribution is 0.270. The molecule has 0 saturated heterocycles. The van der Waals surface area contributed by atoms with E-state index >= 15 is 0 Å². The summed E-state index contributed by atoms with van der Waals surface area (Å²) in [6.45, 7) is 7.01. The van der Waals surface area contributed by atoms with Crippen LogP contribution in [0.25, 0.3) is 0 Å². The van der Waals surface area contributed by atoms with Crippen molar-refractivity contribution in [2.24, 2.45) is 5.92 Å². The van der Waals surface area contributed by atoms with Crippen molar-refractivity contribution in [3.05, 3.63) is 17.0 Å². The molecule has 0 spiro atoms. The third kappa shape index (κ3) is 4.02. The van der Waals surface area contributed by atoms with Gasteiger partial charge in [0.1, 0.15) is 4.21 Å². The lowest BCUT2D eigenvalue weighted by Crippen LogP contribution is -2.43. The van der Waals surface area contributed by atoms with Crippen molar-refractivity contribution in [2.45, 2.75) is 56.5 Å². The summed E-state index contributed by atoms with van der Waals surface area (Å²) < 4.78 is 27.5. The largest absolute Gasteiger partial charge is 0.310 e. The maximum atomic E-state index is 12.2. The lowest BCUT2D eigenvalue weighted by Gasteiger charge is -2.32. The molecular formula is C13H22N2O2S2. The SMILES string of the molecule is CC1CC(NS(=O)(=O)c2ccc(CNC(C)C)s2)C1. The highest BCUT2D eigenvalue weighted by atomic mass is 32.2. The third-order valence-electron chi connectivity index (χ3n) is 3.28. The van der Waals surface area contributed by atoms with Gasteiger partial charge in [-0.2, -0.15) is 0 Å². The van der Waals surface area contributed by atoms with Crippen molar-refractivity contribution in [3.8, 4) is 0 Å². The molecule has 0 atom stereocenters. The average Bonchev–Trinajstić information content (AvgIpc) is 2.73. The molecule has 0 unspecified atom stereocenters. The lowest BCUT2D eigenvalue weighted by atomic mass is 9.83. The molecule has 1 heterocycles. The van der Waals surface area contributed by atoms with E-state index in [1.165, 1.54) is 11.3 Å². The van der Waals surface area contributed by atoms with E-state index in [4.69, 9.17) is 0 Å². The van der Waals surface area contributed by atoms with Gasteiger partial charge < -0.3 is 5.32 Å². The summed E-state index contributed by atoms with van der Waals surface area (Å²) in [5, 5.41) is 3.29. The zero-order valence-electron chi connectivity index (χ0n) is 11.6. The molecule has 0 amide bonds. The molecule has 2 N–H and O–H groups in total. The van der Waals surface area contributed by atoms with Gasteiger partial charge in [0.25, 0.3) is 0 Å². The molecule has 19 heavy (non-hydrogen) atoms. The Kier molecular flexibility index (Phi) is 4.66. The van der Waals surface area contributed by atoms with Crippen molar-refractivity contribution >= 4 is 21.4 Å². The minimum Gasteiger partial charge on any atom is -0.310 e. The van der Waals surface area contributed by atoms with Crippen LogP contribution in [0.2, 0.25) is 0 Å². The van der Waals surface area contributed by atoms with Crippen LogP contribution in [0.3, 0.4) is 0 Å². The summed E-state index contributed by atoms with van der Waals surface area (Å²) in [7, 11) is -3.32. The predicted octanol–water partition coefficient (Wildman–Crippen LogP) is 2.32. The molecule has 0 radical (unpaired) electrons. The minimum atomic E-state index is -3.32. The quantitative estimate of drug-likeness (QED) is 0.848. The van der Waals surface area contributed by atoms with Crippen LogP contribution in [0.5, 0.6) is 0 Å². The molecule has 1 aromatic heterocycles. The highest BCUT2D eigenvalue weighted by Gasteiger charge is 2.30. The zero-order valence-corrected chi connectivity index (χ0v) is 13.3. The van der Waals surface area contributed by atoms with Crippen molar-refractivity contribution in [2.75, 3.05) is 0 Å². The summed E-state index contributed by atoms with van der Waals surface area (Å²) in [5.41, 5.74) is 0. The van der Waals surface area contributed by atoms with E-state index in [2.05, 4.69) is 30.8 Å². The maximum absolute atomic E-state index is 12.2. The number of sulfonamides is 1. The Bertz CT molecular complexity index is 517. The molecule has 0 aliphatic heterocycles. The van der Waals surface area contributed by atoms with Gasteiger partial charge in [0.2, 0.25) is 10.0 Å². The summed E-state index contributed by atoms with van der Waals surface area (Å²) in [6, 6.07) is 4.11. The maximum Gasteiger partial charge on any atom is 0.250 e. The second-order valence-electron chi connectivity index (χ2n) is 5.65. The normalized spacial score (nSPS) is 23.6. The first-order chi connectivity index (χ1) is 8.87. The Morgan fingerprint density at radius 1 is 1.37 bits per heavy atom. The Balaban J connectivity index is 1.96. The van der Waals surface area contributed by atoms with Crippen molar-refractivity contribution in [3.63, 3.8) is 0 Å².